The van der Waals surface area contributed by atoms with Crippen molar-refractivity contribution in [2.24, 2.45) is 12.0 Å². The molecule has 22 heavy (non-hydrogen) atoms. The fraction of sp³-hybridized carbons (Fsp3) is 0.667. The van der Waals surface area contributed by atoms with E-state index in [1.807, 2.05) is 20.0 Å². The van der Waals surface area contributed by atoms with Gasteiger partial charge in [0.2, 0.25) is 10.0 Å². The zero-order valence-electron chi connectivity index (χ0n) is 13.2. The SMILES string of the molecule is CCNC(=NCc1ccnn1C)NCCCNS(C)(=O)=O.I. The second-order valence-corrected chi connectivity index (χ2v) is 6.42. The van der Waals surface area contributed by atoms with E-state index in [2.05, 4.69) is 25.4 Å². The highest BCUT2D eigenvalue weighted by molar-refractivity contribution is 14.0. The van der Waals surface area contributed by atoms with Crippen LogP contribution in [0, 0.1) is 0 Å². The summed E-state index contributed by atoms with van der Waals surface area (Å²) in [6.45, 7) is 4.34. The molecule has 0 fully saturated rings. The van der Waals surface area contributed by atoms with Gasteiger partial charge in [-0.15, -0.1) is 24.0 Å². The first-order valence-corrected chi connectivity index (χ1v) is 8.75. The smallest absolute Gasteiger partial charge is 0.208 e. The molecule has 1 rings (SSSR count). The van der Waals surface area contributed by atoms with Gasteiger partial charge in [-0.05, 0) is 19.4 Å². The Morgan fingerprint density at radius 1 is 1.36 bits per heavy atom. The summed E-state index contributed by atoms with van der Waals surface area (Å²) < 4.78 is 26.1. The number of aliphatic imine (C=N–C) groups is 1. The number of hydrogen-bond donors (Lipinski definition) is 3. The molecule has 1 aromatic heterocycles. The van der Waals surface area contributed by atoms with Gasteiger partial charge >= 0.3 is 0 Å². The summed E-state index contributed by atoms with van der Waals surface area (Å²) in [7, 11) is -1.24. The average Bonchev–Trinajstić information content (AvgIpc) is 2.79. The second-order valence-electron chi connectivity index (χ2n) is 4.59. The molecule has 1 aromatic rings. The van der Waals surface area contributed by atoms with Gasteiger partial charge in [0.25, 0.3) is 0 Å². The molecule has 3 N–H and O–H groups in total. The van der Waals surface area contributed by atoms with Crippen molar-refractivity contribution in [2.75, 3.05) is 25.9 Å². The Morgan fingerprint density at radius 3 is 2.64 bits per heavy atom. The predicted molar refractivity (Wildman–Crippen MR) is 98.9 cm³/mol. The number of aryl methyl sites for hydroxylation is 1. The number of nitrogens with zero attached hydrogens (tertiary/aromatic N) is 3. The van der Waals surface area contributed by atoms with Gasteiger partial charge in [-0.25, -0.2) is 18.1 Å². The highest BCUT2D eigenvalue weighted by atomic mass is 127. The lowest BCUT2D eigenvalue weighted by Gasteiger charge is -2.11. The molecule has 128 valence electrons. The second kappa shape index (κ2) is 10.8. The molecule has 0 saturated heterocycles. The molecule has 1 heterocycles. The van der Waals surface area contributed by atoms with Crippen molar-refractivity contribution in [3.8, 4) is 0 Å². The molecule has 8 nitrogen and oxygen atoms in total. The highest BCUT2D eigenvalue weighted by Crippen LogP contribution is 1.97. The normalized spacial score (nSPS) is 11.9. The third-order valence-corrected chi connectivity index (χ3v) is 3.40. The first-order chi connectivity index (χ1) is 9.92. The van der Waals surface area contributed by atoms with E-state index in [1.165, 1.54) is 0 Å². The maximum Gasteiger partial charge on any atom is 0.208 e. The molecule has 0 aliphatic carbocycles. The zero-order chi connectivity index (χ0) is 15.7. The number of nitrogens with one attached hydrogen (secondary N) is 3. The van der Waals surface area contributed by atoms with E-state index in [-0.39, 0.29) is 24.0 Å². The first kappa shape index (κ1) is 21.1. The largest absolute Gasteiger partial charge is 0.357 e. The minimum atomic E-state index is -3.11. The van der Waals surface area contributed by atoms with Gasteiger partial charge in [-0.1, -0.05) is 0 Å². The van der Waals surface area contributed by atoms with Crippen molar-refractivity contribution in [2.45, 2.75) is 19.9 Å². The van der Waals surface area contributed by atoms with E-state index in [4.69, 9.17) is 0 Å². The van der Waals surface area contributed by atoms with Crippen LogP contribution in [0.25, 0.3) is 0 Å². The molecule has 0 bridgehead atoms. The molecular formula is C12H25IN6O2S. The van der Waals surface area contributed by atoms with Gasteiger partial charge in [0.05, 0.1) is 18.5 Å². The van der Waals surface area contributed by atoms with Crippen LogP contribution in [0.5, 0.6) is 0 Å². The molecule has 0 radical (unpaired) electrons. The number of halogens is 1. The zero-order valence-corrected chi connectivity index (χ0v) is 16.3. The van der Waals surface area contributed by atoms with E-state index < -0.39 is 10.0 Å². The molecule has 0 aliphatic heterocycles. The molecular weight excluding hydrogens is 419 g/mol. The Balaban J connectivity index is 0.00000441. The van der Waals surface area contributed by atoms with Gasteiger partial charge in [-0.3, -0.25) is 4.68 Å². The topological polar surface area (TPSA) is 100 Å². The van der Waals surface area contributed by atoms with Gasteiger partial charge in [0.1, 0.15) is 0 Å². The van der Waals surface area contributed by atoms with Crippen LogP contribution in [0.4, 0.5) is 0 Å². The van der Waals surface area contributed by atoms with Crippen LogP contribution in [0.3, 0.4) is 0 Å². The minimum Gasteiger partial charge on any atom is -0.357 e. The van der Waals surface area contributed by atoms with Gasteiger partial charge in [0.15, 0.2) is 5.96 Å². The molecule has 0 atom stereocenters. The highest BCUT2D eigenvalue weighted by Gasteiger charge is 2.01. The van der Waals surface area contributed by atoms with Gasteiger partial charge < -0.3 is 10.6 Å². The lowest BCUT2D eigenvalue weighted by molar-refractivity contribution is 0.584. The lowest BCUT2D eigenvalue weighted by Crippen LogP contribution is -2.38. The number of rotatable bonds is 8. The van der Waals surface area contributed by atoms with Crippen LogP contribution in [-0.4, -0.2) is 50.0 Å². The van der Waals surface area contributed by atoms with Crippen molar-refractivity contribution in [3.63, 3.8) is 0 Å². The van der Waals surface area contributed by atoms with Crippen molar-refractivity contribution in [3.05, 3.63) is 18.0 Å². The average molecular weight is 444 g/mol. The summed E-state index contributed by atoms with van der Waals surface area (Å²) >= 11 is 0. The Hall–Kier alpha value is -0.880. The number of hydrogen-bond acceptors (Lipinski definition) is 4. The van der Waals surface area contributed by atoms with Crippen molar-refractivity contribution in [1.82, 2.24) is 25.1 Å². The first-order valence-electron chi connectivity index (χ1n) is 6.86. The van der Waals surface area contributed by atoms with Crippen LogP contribution in [0.1, 0.15) is 19.0 Å². The summed E-state index contributed by atoms with van der Waals surface area (Å²) in [4.78, 5) is 4.46. The quantitative estimate of drug-likeness (QED) is 0.228. The summed E-state index contributed by atoms with van der Waals surface area (Å²) in [5.41, 5.74) is 1.02. The maximum absolute atomic E-state index is 10.9. The number of guanidine groups is 1. The van der Waals surface area contributed by atoms with E-state index in [0.717, 1.165) is 18.5 Å². The fourth-order valence-corrected chi connectivity index (χ4v) is 2.13. The Labute approximate surface area is 149 Å². The van der Waals surface area contributed by atoms with Crippen molar-refractivity contribution < 1.29 is 8.42 Å². The van der Waals surface area contributed by atoms with Crippen LogP contribution >= 0.6 is 24.0 Å². The number of aromatic nitrogens is 2. The van der Waals surface area contributed by atoms with Gasteiger partial charge in [-0.2, -0.15) is 5.10 Å². The van der Waals surface area contributed by atoms with Gasteiger partial charge in [0, 0.05) is 32.9 Å². The predicted octanol–water partition coefficient (Wildman–Crippen LogP) is 0.0325. The molecule has 10 heteroatoms. The van der Waals surface area contributed by atoms with E-state index >= 15 is 0 Å². The Morgan fingerprint density at radius 2 is 2.09 bits per heavy atom. The van der Waals surface area contributed by atoms with Crippen LogP contribution < -0.4 is 15.4 Å². The van der Waals surface area contributed by atoms with Crippen molar-refractivity contribution >= 4 is 40.0 Å². The van der Waals surface area contributed by atoms with Crippen LogP contribution in [-0.2, 0) is 23.6 Å². The number of sulfonamides is 1. The molecule has 0 aromatic carbocycles. The maximum atomic E-state index is 10.9. The third kappa shape index (κ3) is 9.20. The summed E-state index contributed by atoms with van der Waals surface area (Å²) in [5.74, 6) is 0.707. The summed E-state index contributed by atoms with van der Waals surface area (Å²) in [6, 6.07) is 1.92. The molecule has 0 aliphatic rings. The molecule has 0 saturated carbocycles. The van der Waals surface area contributed by atoms with Crippen LogP contribution in [0.2, 0.25) is 0 Å². The summed E-state index contributed by atoms with van der Waals surface area (Å²) in [5, 5.41) is 10.4. The fourth-order valence-electron chi connectivity index (χ4n) is 1.61. The van der Waals surface area contributed by atoms with E-state index in [9.17, 15) is 8.42 Å². The third-order valence-electron chi connectivity index (χ3n) is 2.68. The monoisotopic (exact) mass is 444 g/mol. The molecule has 0 amide bonds. The Bertz CT molecular complexity index is 558. The van der Waals surface area contributed by atoms with E-state index in [1.54, 1.807) is 10.9 Å². The lowest BCUT2D eigenvalue weighted by atomic mass is 10.4. The minimum absolute atomic E-state index is 0. The Kier molecular flexibility index (Phi) is 10.3. The van der Waals surface area contributed by atoms with Crippen molar-refractivity contribution in [1.29, 1.82) is 0 Å². The summed E-state index contributed by atoms with van der Waals surface area (Å²) in [6.07, 6.45) is 3.57. The van der Waals surface area contributed by atoms with Crippen LogP contribution in [0.15, 0.2) is 17.3 Å². The standard InChI is InChI=1S/C12H24N6O2S.HI/c1-4-13-12(14-7-5-8-17-21(3,19)20)15-10-11-6-9-16-18(11)2;/h6,9,17H,4-5,7-8,10H2,1-3H3,(H2,13,14,15);1H. The molecule has 0 unspecified atom stereocenters. The molecule has 0 spiro atoms. The van der Waals surface area contributed by atoms with E-state index in [0.29, 0.717) is 32.0 Å².